The molecule has 3 amide bonds. The zero-order chi connectivity index (χ0) is 23.2. The maximum atomic E-state index is 12.5. The molecule has 0 radical (unpaired) electrons. The van der Waals surface area contributed by atoms with Gasteiger partial charge in [-0.3, -0.25) is 14.7 Å². The number of aryl methyl sites for hydroxylation is 1. The van der Waals surface area contributed by atoms with Crippen LogP contribution < -0.4 is 21.5 Å². The van der Waals surface area contributed by atoms with E-state index < -0.39 is 0 Å². The average Bonchev–Trinajstić information content (AvgIpc) is 3.27. The number of anilines is 2. The van der Waals surface area contributed by atoms with Gasteiger partial charge in [-0.15, -0.1) is 0 Å². The SMILES string of the molecule is Cc1nc2nc[nH]n2c(=O)c1CCC(=O)NCc1cccc(NC(=O)Nc2ccccc2)c1. The van der Waals surface area contributed by atoms with Gasteiger partial charge in [0, 0.05) is 29.9 Å². The summed E-state index contributed by atoms with van der Waals surface area (Å²) in [4.78, 5) is 45.3. The van der Waals surface area contributed by atoms with E-state index in [0.717, 1.165) is 5.56 Å². The quantitative estimate of drug-likeness (QED) is 0.347. The number of hydrogen-bond donors (Lipinski definition) is 4. The fraction of sp³-hybridized carbons (Fsp3) is 0.174. The summed E-state index contributed by atoms with van der Waals surface area (Å²) in [6, 6.07) is 16.0. The molecule has 0 bridgehead atoms. The molecule has 0 atom stereocenters. The molecule has 10 nitrogen and oxygen atoms in total. The highest BCUT2D eigenvalue weighted by Crippen LogP contribution is 2.12. The fourth-order valence-electron chi connectivity index (χ4n) is 3.38. The highest BCUT2D eigenvalue weighted by Gasteiger charge is 2.13. The van der Waals surface area contributed by atoms with Crippen LogP contribution in [0.5, 0.6) is 0 Å². The van der Waals surface area contributed by atoms with Crippen LogP contribution in [0.2, 0.25) is 0 Å². The van der Waals surface area contributed by atoms with Crippen molar-refractivity contribution in [3.8, 4) is 0 Å². The van der Waals surface area contributed by atoms with E-state index in [4.69, 9.17) is 0 Å². The van der Waals surface area contributed by atoms with Gasteiger partial charge in [0.05, 0.1) is 5.69 Å². The maximum absolute atomic E-state index is 12.5. The van der Waals surface area contributed by atoms with Crippen molar-refractivity contribution < 1.29 is 9.59 Å². The molecule has 0 spiro atoms. The van der Waals surface area contributed by atoms with Gasteiger partial charge in [0.1, 0.15) is 6.33 Å². The Labute approximate surface area is 189 Å². The molecule has 4 aromatic rings. The first-order valence-corrected chi connectivity index (χ1v) is 10.4. The molecule has 0 saturated heterocycles. The number of amides is 3. The summed E-state index contributed by atoms with van der Waals surface area (Å²) in [7, 11) is 0. The number of para-hydroxylation sites is 1. The number of benzene rings is 2. The predicted molar refractivity (Wildman–Crippen MR) is 124 cm³/mol. The van der Waals surface area contributed by atoms with E-state index in [-0.39, 0.29) is 30.3 Å². The second kappa shape index (κ2) is 9.77. The number of H-pyrrole nitrogens is 1. The van der Waals surface area contributed by atoms with Crippen LogP contribution in [-0.4, -0.2) is 31.5 Å². The lowest BCUT2D eigenvalue weighted by atomic mass is 10.1. The first kappa shape index (κ1) is 21.8. The molecule has 0 saturated carbocycles. The number of carbonyl (C=O) groups is 2. The Morgan fingerprint density at radius 1 is 1.03 bits per heavy atom. The molecular weight excluding hydrogens is 422 g/mol. The molecule has 0 unspecified atom stereocenters. The second-order valence-electron chi connectivity index (χ2n) is 7.43. The normalized spacial score (nSPS) is 10.7. The lowest BCUT2D eigenvalue weighted by Gasteiger charge is -2.10. The lowest BCUT2D eigenvalue weighted by molar-refractivity contribution is -0.121. The van der Waals surface area contributed by atoms with E-state index in [1.807, 2.05) is 24.3 Å². The number of rotatable bonds is 7. The molecule has 4 rings (SSSR count). The number of urea groups is 1. The van der Waals surface area contributed by atoms with Gasteiger partial charge < -0.3 is 16.0 Å². The van der Waals surface area contributed by atoms with E-state index in [1.165, 1.54) is 10.8 Å². The van der Waals surface area contributed by atoms with Crippen LogP contribution >= 0.6 is 0 Å². The largest absolute Gasteiger partial charge is 0.352 e. The Morgan fingerprint density at radius 2 is 1.79 bits per heavy atom. The van der Waals surface area contributed by atoms with Crippen molar-refractivity contribution in [2.75, 3.05) is 10.6 Å². The Balaban J connectivity index is 1.30. The standard InChI is InChI=1S/C23H23N7O3/c1-15-19(21(32)30-22(27-15)25-14-26-30)10-11-20(31)24-13-16-6-5-9-18(12-16)29-23(33)28-17-7-3-2-4-8-17/h2-9,12,14H,10-11,13H2,1H3,(H,24,31)(H,25,26,27)(H2,28,29,33). The van der Waals surface area contributed by atoms with Gasteiger partial charge in [-0.1, -0.05) is 30.3 Å². The number of hydrogen-bond acceptors (Lipinski definition) is 5. The van der Waals surface area contributed by atoms with E-state index in [9.17, 15) is 14.4 Å². The molecule has 2 aromatic heterocycles. The van der Waals surface area contributed by atoms with Crippen LogP contribution in [0, 0.1) is 6.92 Å². The number of nitrogens with one attached hydrogen (secondary N) is 4. The van der Waals surface area contributed by atoms with Crippen molar-refractivity contribution in [2.24, 2.45) is 0 Å². The molecule has 168 valence electrons. The van der Waals surface area contributed by atoms with Crippen molar-refractivity contribution >= 4 is 29.1 Å². The molecule has 2 aromatic carbocycles. The highest BCUT2D eigenvalue weighted by atomic mass is 16.2. The summed E-state index contributed by atoms with van der Waals surface area (Å²) in [5.74, 6) is 0.111. The molecule has 10 heteroatoms. The van der Waals surface area contributed by atoms with Gasteiger partial charge in [0.15, 0.2) is 0 Å². The van der Waals surface area contributed by atoms with Crippen LogP contribution in [-0.2, 0) is 17.8 Å². The zero-order valence-corrected chi connectivity index (χ0v) is 18.0. The Bertz CT molecular complexity index is 1350. The third kappa shape index (κ3) is 5.42. The second-order valence-corrected chi connectivity index (χ2v) is 7.43. The molecule has 33 heavy (non-hydrogen) atoms. The fourth-order valence-corrected chi connectivity index (χ4v) is 3.38. The van der Waals surface area contributed by atoms with Gasteiger partial charge in [-0.2, -0.15) is 4.52 Å². The van der Waals surface area contributed by atoms with Crippen LogP contribution in [0.3, 0.4) is 0 Å². The van der Waals surface area contributed by atoms with E-state index >= 15 is 0 Å². The van der Waals surface area contributed by atoms with Crippen molar-refractivity contribution in [3.05, 3.63) is 88.1 Å². The van der Waals surface area contributed by atoms with E-state index in [1.54, 1.807) is 37.3 Å². The number of aromatic nitrogens is 4. The van der Waals surface area contributed by atoms with Crippen LogP contribution in [0.4, 0.5) is 16.2 Å². The van der Waals surface area contributed by atoms with Crippen molar-refractivity contribution in [1.82, 2.24) is 24.9 Å². The number of fused-ring (bicyclic) bond motifs is 1. The summed E-state index contributed by atoms with van der Waals surface area (Å²) < 4.78 is 1.26. The number of nitrogens with zero attached hydrogens (tertiary/aromatic N) is 3. The van der Waals surface area contributed by atoms with Crippen molar-refractivity contribution in [2.45, 2.75) is 26.3 Å². The first-order chi connectivity index (χ1) is 16.0. The summed E-state index contributed by atoms with van der Waals surface area (Å²) in [6.07, 6.45) is 1.82. The molecule has 0 aliphatic rings. The minimum atomic E-state index is -0.355. The molecule has 0 aliphatic carbocycles. The molecular formula is C23H23N7O3. The molecule has 0 fully saturated rings. The summed E-state index contributed by atoms with van der Waals surface area (Å²) >= 11 is 0. The Hall–Kier alpha value is -4.47. The molecule has 0 aliphatic heterocycles. The summed E-state index contributed by atoms with van der Waals surface area (Å²) in [5, 5.41) is 11.1. The average molecular weight is 445 g/mol. The summed E-state index contributed by atoms with van der Waals surface area (Å²) in [5.41, 5.74) is 2.91. The zero-order valence-electron chi connectivity index (χ0n) is 18.0. The first-order valence-electron chi connectivity index (χ1n) is 10.4. The van der Waals surface area contributed by atoms with E-state index in [0.29, 0.717) is 35.0 Å². The van der Waals surface area contributed by atoms with Crippen LogP contribution in [0.15, 0.2) is 65.7 Å². The van der Waals surface area contributed by atoms with E-state index in [2.05, 4.69) is 31.0 Å². The number of carbonyl (C=O) groups excluding carboxylic acids is 2. The van der Waals surface area contributed by atoms with Crippen molar-refractivity contribution in [1.29, 1.82) is 0 Å². The maximum Gasteiger partial charge on any atom is 0.323 e. The smallest absolute Gasteiger partial charge is 0.323 e. The minimum absolute atomic E-state index is 0.148. The molecule has 4 N–H and O–H groups in total. The van der Waals surface area contributed by atoms with Crippen LogP contribution in [0.25, 0.3) is 5.78 Å². The van der Waals surface area contributed by atoms with Gasteiger partial charge in [-0.25, -0.2) is 14.8 Å². The third-order valence-corrected chi connectivity index (χ3v) is 5.04. The van der Waals surface area contributed by atoms with Gasteiger partial charge >= 0.3 is 6.03 Å². The Morgan fingerprint density at radius 3 is 2.61 bits per heavy atom. The summed E-state index contributed by atoms with van der Waals surface area (Å²) in [6.45, 7) is 2.03. The lowest BCUT2D eigenvalue weighted by Crippen LogP contribution is -2.26. The van der Waals surface area contributed by atoms with Crippen molar-refractivity contribution in [3.63, 3.8) is 0 Å². The number of aromatic amines is 1. The minimum Gasteiger partial charge on any atom is -0.352 e. The third-order valence-electron chi connectivity index (χ3n) is 5.04. The highest BCUT2D eigenvalue weighted by molar-refractivity contribution is 5.99. The monoisotopic (exact) mass is 445 g/mol. The van der Waals surface area contributed by atoms with Gasteiger partial charge in [0.25, 0.3) is 11.3 Å². The van der Waals surface area contributed by atoms with Gasteiger partial charge in [-0.05, 0) is 43.2 Å². The topological polar surface area (TPSA) is 133 Å². The van der Waals surface area contributed by atoms with Crippen LogP contribution in [0.1, 0.15) is 23.2 Å². The molecule has 2 heterocycles. The Kier molecular flexibility index (Phi) is 6.44. The van der Waals surface area contributed by atoms with Gasteiger partial charge in [0.2, 0.25) is 5.91 Å². The predicted octanol–water partition coefficient (Wildman–Crippen LogP) is 2.62.